The Morgan fingerprint density at radius 3 is 2.73 bits per heavy atom. The Bertz CT molecular complexity index is 1840. The van der Waals surface area contributed by atoms with Gasteiger partial charge in [0.15, 0.2) is 11.6 Å². The molecule has 11 nitrogen and oxygen atoms in total. The largest absolute Gasteiger partial charge is 0.462 e. The van der Waals surface area contributed by atoms with Gasteiger partial charge in [-0.3, -0.25) is 15.2 Å². The molecule has 6 rings (SSSR count). The molecule has 0 radical (unpaired) electrons. The van der Waals surface area contributed by atoms with Gasteiger partial charge in [0.1, 0.15) is 28.8 Å². The number of amides is 1. The molecule has 1 amide bonds. The lowest BCUT2D eigenvalue weighted by molar-refractivity contribution is 0.0636. The second kappa shape index (κ2) is 11.5. The molecular formula is C30H30F2N6O5S. The van der Waals surface area contributed by atoms with Crippen molar-refractivity contribution in [2.24, 2.45) is 0 Å². The Balaban J connectivity index is 1.45. The van der Waals surface area contributed by atoms with Crippen molar-refractivity contribution in [3.8, 4) is 23.3 Å². The Hall–Kier alpha value is -4.03. The number of carbonyl (C=O) groups is 1. The summed E-state index contributed by atoms with van der Waals surface area (Å²) in [6.07, 6.45) is 2.55. The molecule has 1 N–H and O–H groups in total. The molecule has 5 heterocycles. The highest BCUT2D eigenvalue weighted by molar-refractivity contribution is 7.23. The molecule has 0 spiro atoms. The van der Waals surface area contributed by atoms with Crippen LogP contribution in [0.1, 0.15) is 43.9 Å². The molecule has 2 atom stereocenters. The van der Waals surface area contributed by atoms with Crippen LogP contribution in [-0.2, 0) is 27.4 Å². The highest BCUT2D eigenvalue weighted by atomic mass is 32.1. The number of carbonyl (C=O) groups excluding carboxylic acids is 1. The molecule has 44 heavy (non-hydrogen) atoms. The van der Waals surface area contributed by atoms with Crippen molar-refractivity contribution in [1.82, 2.24) is 19.9 Å². The highest BCUT2D eigenvalue weighted by Gasteiger charge is 2.32. The number of methoxy groups -OCH3 is 1. The number of aromatic nitrogens is 3. The second-order valence-corrected chi connectivity index (χ2v) is 12.8. The minimum absolute atomic E-state index is 0.00443. The summed E-state index contributed by atoms with van der Waals surface area (Å²) in [6.45, 7) is 6.39. The summed E-state index contributed by atoms with van der Waals surface area (Å²) >= 11 is 0.842. The summed E-state index contributed by atoms with van der Waals surface area (Å²) in [5.41, 5.74) is 0.368. The van der Waals surface area contributed by atoms with Gasteiger partial charge in [0.2, 0.25) is 0 Å². The van der Waals surface area contributed by atoms with Crippen LogP contribution in [0, 0.1) is 23.0 Å². The maximum absolute atomic E-state index is 16.6. The van der Waals surface area contributed by atoms with Crippen LogP contribution in [0.2, 0.25) is 0 Å². The predicted octanol–water partition coefficient (Wildman–Crippen LogP) is 5.53. The van der Waals surface area contributed by atoms with Crippen molar-refractivity contribution in [1.29, 1.82) is 5.26 Å². The topological polar surface area (TPSA) is 132 Å². The number of nitrogens with zero attached hydrogens (tertiary/aromatic N) is 5. The molecule has 0 bridgehead atoms. The third-order valence-corrected chi connectivity index (χ3v) is 8.81. The number of nitriles is 1. The van der Waals surface area contributed by atoms with Crippen LogP contribution < -0.4 is 10.1 Å². The van der Waals surface area contributed by atoms with Gasteiger partial charge in [-0.25, -0.2) is 18.6 Å². The molecule has 14 heteroatoms. The molecule has 0 unspecified atom stereocenters. The Kier molecular flexibility index (Phi) is 7.83. The van der Waals surface area contributed by atoms with Gasteiger partial charge in [-0.1, -0.05) is 0 Å². The monoisotopic (exact) mass is 624 g/mol. The number of hydrogen-bond donors (Lipinski definition) is 1. The van der Waals surface area contributed by atoms with E-state index in [-0.39, 0.29) is 68.8 Å². The zero-order chi connectivity index (χ0) is 31.3. The predicted molar refractivity (Wildman–Crippen MR) is 158 cm³/mol. The fourth-order valence-corrected chi connectivity index (χ4v) is 6.67. The lowest BCUT2D eigenvalue weighted by Gasteiger charge is -2.19. The molecule has 0 aliphatic carbocycles. The van der Waals surface area contributed by atoms with Crippen molar-refractivity contribution in [2.75, 3.05) is 32.6 Å². The van der Waals surface area contributed by atoms with Crippen LogP contribution in [0.4, 0.5) is 18.6 Å². The summed E-state index contributed by atoms with van der Waals surface area (Å²) in [6, 6.07) is 2.12. The van der Waals surface area contributed by atoms with Crippen molar-refractivity contribution in [3.63, 3.8) is 0 Å². The Morgan fingerprint density at radius 2 is 2.02 bits per heavy atom. The van der Waals surface area contributed by atoms with Gasteiger partial charge in [-0.2, -0.15) is 10.2 Å². The van der Waals surface area contributed by atoms with E-state index < -0.39 is 23.3 Å². The van der Waals surface area contributed by atoms with Crippen LogP contribution in [0.5, 0.6) is 6.01 Å². The second-order valence-electron chi connectivity index (χ2n) is 11.8. The standard InChI is InChI=1S/C30H30F2N6O5S/c1-30(2,3)43-29(39)37-27-16(7-33)22-25(34-9-20(31)26(22)44-27)21-19-13-41-12-18(19)17-8-35-28(36-24(17)23(21)32)42-11-14-6-15(40-5)10-38(14)4/h8-9,14-15H,6,10-13H2,1-5H3,(H,37,39)/t14-,15+/m0/s1. The van der Waals surface area contributed by atoms with Crippen molar-refractivity contribution in [3.05, 3.63) is 40.7 Å². The Morgan fingerprint density at radius 1 is 1.25 bits per heavy atom. The van der Waals surface area contributed by atoms with Crippen LogP contribution >= 0.6 is 11.3 Å². The number of benzene rings is 1. The molecule has 3 aromatic heterocycles. The number of fused-ring (bicyclic) bond motifs is 4. The molecule has 230 valence electrons. The van der Waals surface area contributed by atoms with E-state index in [1.807, 2.05) is 13.1 Å². The van der Waals surface area contributed by atoms with E-state index in [2.05, 4.69) is 25.2 Å². The molecule has 0 saturated carbocycles. The van der Waals surface area contributed by atoms with Gasteiger partial charge in [0, 0.05) is 42.2 Å². The van der Waals surface area contributed by atoms with E-state index in [0.29, 0.717) is 23.1 Å². The first-order chi connectivity index (χ1) is 21.0. The van der Waals surface area contributed by atoms with Crippen LogP contribution in [0.3, 0.4) is 0 Å². The van der Waals surface area contributed by atoms with E-state index >= 15 is 8.78 Å². The first-order valence-electron chi connectivity index (χ1n) is 13.9. The van der Waals surface area contributed by atoms with Crippen LogP contribution in [0.15, 0.2) is 12.4 Å². The van der Waals surface area contributed by atoms with Gasteiger partial charge in [0.05, 0.1) is 41.5 Å². The maximum atomic E-state index is 16.6. The van der Waals surface area contributed by atoms with Crippen molar-refractivity contribution in [2.45, 2.75) is 58.2 Å². The van der Waals surface area contributed by atoms with Gasteiger partial charge in [-0.15, -0.1) is 11.3 Å². The smallest absolute Gasteiger partial charge is 0.412 e. The minimum atomic E-state index is -0.813. The Labute approximate surface area is 255 Å². The van der Waals surface area contributed by atoms with Gasteiger partial charge in [0.25, 0.3) is 0 Å². The van der Waals surface area contributed by atoms with E-state index in [9.17, 15) is 10.1 Å². The molecule has 1 aromatic carbocycles. The number of pyridine rings is 1. The van der Waals surface area contributed by atoms with Gasteiger partial charge >= 0.3 is 12.1 Å². The first kappa shape index (κ1) is 30.0. The average Bonchev–Trinajstić information content (AvgIpc) is 3.69. The number of nitrogens with one attached hydrogen (secondary N) is 1. The number of rotatable bonds is 6. The molecule has 4 aromatic rings. The SMILES string of the molecule is CO[C@@H]1C[C@@H](COc2ncc3c4c(c(-c5ncc(F)c6sc(NC(=O)OC(C)(C)C)c(C#N)c56)c(F)c3n2)COC4)N(C)C1. The quantitative estimate of drug-likeness (QED) is 0.292. The molecule has 2 aliphatic rings. The normalized spacial score (nSPS) is 18.5. The summed E-state index contributed by atoms with van der Waals surface area (Å²) < 4.78 is 54.2. The number of thiophene rings is 1. The lowest BCUT2D eigenvalue weighted by atomic mass is 9.94. The number of likely N-dealkylation sites (N-methyl/N-ethyl adjacent to an activating group) is 1. The fraction of sp³-hybridized carbons (Fsp3) is 0.433. The fourth-order valence-electron chi connectivity index (χ4n) is 5.63. The summed E-state index contributed by atoms with van der Waals surface area (Å²) in [4.78, 5) is 27.7. The zero-order valence-electron chi connectivity index (χ0n) is 24.8. The van der Waals surface area contributed by atoms with Crippen molar-refractivity contribution >= 4 is 43.4 Å². The maximum Gasteiger partial charge on any atom is 0.412 e. The third-order valence-electron chi connectivity index (χ3n) is 7.70. The van der Waals surface area contributed by atoms with Gasteiger partial charge in [-0.05, 0) is 45.4 Å². The lowest BCUT2D eigenvalue weighted by Crippen LogP contribution is -2.31. The number of halogens is 2. The molecular weight excluding hydrogens is 594 g/mol. The number of likely N-dealkylation sites (tertiary alicyclic amines) is 1. The van der Waals surface area contributed by atoms with E-state index in [4.69, 9.17) is 18.9 Å². The molecule has 2 aliphatic heterocycles. The third kappa shape index (κ3) is 5.41. The number of anilines is 1. The van der Waals surface area contributed by atoms with E-state index in [1.165, 1.54) is 6.20 Å². The van der Waals surface area contributed by atoms with E-state index in [0.717, 1.165) is 30.5 Å². The summed E-state index contributed by atoms with van der Waals surface area (Å²) in [5, 5.41) is 13.3. The van der Waals surface area contributed by atoms with Crippen LogP contribution in [-0.4, -0.2) is 71.0 Å². The highest BCUT2D eigenvalue weighted by Crippen LogP contribution is 2.45. The summed E-state index contributed by atoms with van der Waals surface area (Å²) in [7, 11) is 3.66. The van der Waals surface area contributed by atoms with Gasteiger partial charge < -0.3 is 18.9 Å². The number of hydrogen-bond acceptors (Lipinski definition) is 11. The molecule has 1 fully saturated rings. The van der Waals surface area contributed by atoms with E-state index in [1.54, 1.807) is 27.9 Å². The van der Waals surface area contributed by atoms with Crippen LogP contribution in [0.25, 0.3) is 32.2 Å². The van der Waals surface area contributed by atoms with Crippen molar-refractivity contribution < 1.29 is 32.5 Å². The summed E-state index contributed by atoms with van der Waals surface area (Å²) in [5.74, 6) is -1.45. The average molecular weight is 625 g/mol. The number of ether oxygens (including phenoxy) is 4. The molecule has 1 saturated heterocycles. The first-order valence-corrected chi connectivity index (χ1v) is 14.8. The minimum Gasteiger partial charge on any atom is -0.462 e. The zero-order valence-corrected chi connectivity index (χ0v) is 25.6.